The Labute approximate surface area is 163 Å². The minimum absolute atomic E-state index is 0.00237. The number of thiazole rings is 1. The van der Waals surface area contributed by atoms with Crippen LogP contribution in [0.25, 0.3) is 10.2 Å². The molecule has 0 radical (unpaired) electrons. The van der Waals surface area contributed by atoms with Gasteiger partial charge in [0.25, 0.3) is 5.24 Å². The lowest BCUT2D eigenvalue weighted by molar-refractivity contribution is 0.232. The number of hydrogen-bond acceptors (Lipinski definition) is 7. The van der Waals surface area contributed by atoms with Crippen LogP contribution in [-0.4, -0.2) is 59.8 Å². The number of amides is 1. The Morgan fingerprint density at radius 2 is 1.96 bits per heavy atom. The third kappa shape index (κ3) is 4.49. The van der Waals surface area contributed by atoms with Crippen LogP contribution in [0.5, 0.6) is 5.75 Å². The van der Waals surface area contributed by atoms with Crippen LogP contribution in [0.2, 0.25) is 0 Å². The first-order chi connectivity index (χ1) is 12.3. The fourth-order valence-electron chi connectivity index (χ4n) is 2.67. The molecule has 1 aliphatic heterocycles. The molecule has 1 aromatic heterocycles. The van der Waals surface area contributed by atoms with E-state index in [-0.39, 0.29) is 10.7 Å². The number of likely N-dealkylation sites (N-methyl/N-ethyl adjacent to an activating group) is 1. The molecule has 8 heteroatoms. The van der Waals surface area contributed by atoms with Crippen LogP contribution >= 0.6 is 23.3 Å². The molecular weight excluding hydrogens is 368 g/mol. The number of benzene rings is 1. The molecule has 0 saturated carbocycles. The van der Waals surface area contributed by atoms with Gasteiger partial charge in [-0.3, -0.25) is 4.79 Å². The zero-order valence-electron chi connectivity index (χ0n) is 16.0. The van der Waals surface area contributed by atoms with Gasteiger partial charge >= 0.3 is 0 Å². The van der Waals surface area contributed by atoms with E-state index < -0.39 is 0 Å². The number of carbonyl (C=O) groups excluding carboxylic acids is 1. The zero-order chi connectivity index (χ0) is 18.9. The standard InChI is InChI=1S/C18H26N4O2S2/c1-18(2,3)16-19-13-10-14(24-5)12(11-15(13)25-16)20-17(23)26-22-8-6-21(4)7-9-22/h10-11H,6-9H2,1-5H3,(H,20,23). The molecular formula is C18H26N4O2S2. The lowest BCUT2D eigenvalue weighted by Gasteiger charge is -2.30. The number of hydrogen-bond donors (Lipinski definition) is 1. The van der Waals surface area contributed by atoms with Crippen molar-refractivity contribution in [2.45, 2.75) is 26.2 Å². The molecule has 0 aliphatic carbocycles. The second-order valence-corrected chi connectivity index (χ2v) is 9.63. The van der Waals surface area contributed by atoms with Crippen molar-refractivity contribution in [3.8, 4) is 5.75 Å². The summed E-state index contributed by atoms with van der Waals surface area (Å²) in [6.07, 6.45) is 0. The molecule has 1 aromatic carbocycles. The average molecular weight is 395 g/mol. The zero-order valence-corrected chi connectivity index (χ0v) is 17.6. The molecule has 6 nitrogen and oxygen atoms in total. The smallest absolute Gasteiger partial charge is 0.298 e. The maximum atomic E-state index is 12.5. The third-order valence-corrected chi connectivity index (χ3v) is 6.60. The molecule has 26 heavy (non-hydrogen) atoms. The number of ether oxygens (including phenoxy) is 1. The van der Waals surface area contributed by atoms with E-state index in [4.69, 9.17) is 9.72 Å². The van der Waals surface area contributed by atoms with Crippen LogP contribution in [0, 0.1) is 0 Å². The molecule has 0 spiro atoms. The van der Waals surface area contributed by atoms with E-state index in [0.29, 0.717) is 11.4 Å². The lowest BCUT2D eigenvalue weighted by atomic mass is 9.98. The average Bonchev–Trinajstić information content (AvgIpc) is 2.99. The summed E-state index contributed by atoms with van der Waals surface area (Å²) in [4.78, 5) is 19.4. The van der Waals surface area contributed by atoms with Crippen molar-refractivity contribution in [1.82, 2.24) is 14.2 Å². The van der Waals surface area contributed by atoms with Gasteiger partial charge in [0.05, 0.1) is 28.0 Å². The molecule has 2 aromatic rings. The van der Waals surface area contributed by atoms with Crippen molar-refractivity contribution in [2.75, 3.05) is 45.7 Å². The van der Waals surface area contributed by atoms with E-state index in [1.165, 1.54) is 11.9 Å². The second-order valence-electron chi connectivity index (χ2n) is 7.53. The monoisotopic (exact) mass is 394 g/mol. The van der Waals surface area contributed by atoms with Crippen LogP contribution in [-0.2, 0) is 5.41 Å². The highest BCUT2D eigenvalue weighted by atomic mass is 32.2. The summed E-state index contributed by atoms with van der Waals surface area (Å²) in [5.74, 6) is 0.635. The Morgan fingerprint density at radius 3 is 2.58 bits per heavy atom. The molecule has 1 amide bonds. The first-order valence-electron chi connectivity index (χ1n) is 8.68. The van der Waals surface area contributed by atoms with E-state index in [9.17, 15) is 4.79 Å². The van der Waals surface area contributed by atoms with Crippen molar-refractivity contribution in [3.05, 3.63) is 17.1 Å². The number of nitrogens with zero attached hydrogens (tertiary/aromatic N) is 3. The van der Waals surface area contributed by atoms with Gasteiger partial charge in [-0.2, -0.15) is 0 Å². The van der Waals surface area contributed by atoms with E-state index in [1.807, 2.05) is 12.1 Å². The number of fused-ring (bicyclic) bond motifs is 1. The van der Waals surface area contributed by atoms with Crippen molar-refractivity contribution < 1.29 is 9.53 Å². The summed E-state index contributed by atoms with van der Waals surface area (Å²) >= 11 is 2.90. The highest BCUT2D eigenvalue weighted by molar-refractivity contribution is 8.11. The van der Waals surface area contributed by atoms with Gasteiger partial charge < -0.3 is 15.0 Å². The lowest BCUT2D eigenvalue weighted by Crippen LogP contribution is -2.41. The minimum atomic E-state index is -0.0900. The van der Waals surface area contributed by atoms with Crippen LogP contribution in [0.4, 0.5) is 10.5 Å². The summed E-state index contributed by atoms with van der Waals surface area (Å²) in [7, 11) is 3.71. The molecule has 142 valence electrons. The van der Waals surface area contributed by atoms with Gasteiger partial charge in [0, 0.05) is 49.6 Å². The molecule has 3 rings (SSSR count). The van der Waals surface area contributed by atoms with Crippen molar-refractivity contribution in [3.63, 3.8) is 0 Å². The molecule has 1 N–H and O–H groups in total. The number of rotatable bonds is 3. The molecule has 1 saturated heterocycles. The summed E-state index contributed by atoms with van der Waals surface area (Å²) in [5, 5.41) is 3.97. The van der Waals surface area contributed by atoms with Crippen LogP contribution in [0.15, 0.2) is 12.1 Å². The van der Waals surface area contributed by atoms with Crippen molar-refractivity contribution in [2.24, 2.45) is 0 Å². The molecule has 0 bridgehead atoms. The van der Waals surface area contributed by atoms with Gasteiger partial charge in [-0.25, -0.2) is 9.29 Å². The van der Waals surface area contributed by atoms with Gasteiger partial charge in [0.2, 0.25) is 0 Å². The molecule has 0 atom stereocenters. The number of carbonyl (C=O) groups is 1. The Kier molecular flexibility index (Phi) is 5.76. The predicted octanol–water partition coefficient (Wildman–Crippen LogP) is 4.03. The number of aromatic nitrogens is 1. The second kappa shape index (κ2) is 7.72. The summed E-state index contributed by atoms with van der Waals surface area (Å²) < 4.78 is 8.63. The largest absolute Gasteiger partial charge is 0.494 e. The van der Waals surface area contributed by atoms with Crippen LogP contribution in [0.1, 0.15) is 25.8 Å². The normalized spacial score (nSPS) is 16.8. The highest BCUT2D eigenvalue weighted by Gasteiger charge is 2.21. The highest BCUT2D eigenvalue weighted by Crippen LogP contribution is 2.37. The maximum absolute atomic E-state index is 12.5. The molecule has 0 unspecified atom stereocenters. The molecule has 1 aliphatic rings. The van der Waals surface area contributed by atoms with E-state index in [2.05, 4.69) is 42.3 Å². The Hall–Kier alpha value is -1.35. The molecule has 2 heterocycles. The summed E-state index contributed by atoms with van der Waals surface area (Å²) in [6, 6.07) is 3.86. The first-order valence-corrected chi connectivity index (χ1v) is 10.3. The van der Waals surface area contributed by atoms with Crippen LogP contribution in [0.3, 0.4) is 0 Å². The maximum Gasteiger partial charge on any atom is 0.298 e. The summed E-state index contributed by atoms with van der Waals surface area (Å²) in [5.41, 5.74) is 1.59. The third-order valence-electron chi connectivity index (χ3n) is 4.26. The number of methoxy groups -OCH3 is 1. The summed E-state index contributed by atoms with van der Waals surface area (Å²) in [6.45, 7) is 10.2. The Morgan fingerprint density at radius 1 is 1.27 bits per heavy atom. The number of anilines is 1. The first kappa shape index (κ1) is 19.4. The van der Waals surface area contributed by atoms with E-state index in [0.717, 1.165) is 41.4 Å². The van der Waals surface area contributed by atoms with Gasteiger partial charge in [0.15, 0.2) is 0 Å². The van der Waals surface area contributed by atoms with E-state index >= 15 is 0 Å². The van der Waals surface area contributed by atoms with E-state index in [1.54, 1.807) is 18.4 Å². The number of nitrogens with one attached hydrogen (secondary N) is 1. The Bertz CT molecular complexity index is 792. The molecule has 1 fully saturated rings. The predicted molar refractivity (Wildman–Crippen MR) is 111 cm³/mol. The SMILES string of the molecule is COc1cc2nc(C(C)(C)C)sc2cc1NC(=O)SN1CCN(C)CC1. The van der Waals surface area contributed by atoms with Gasteiger partial charge in [-0.05, 0) is 13.1 Å². The van der Waals surface area contributed by atoms with Gasteiger partial charge in [0.1, 0.15) is 5.75 Å². The fraction of sp³-hybridized carbons (Fsp3) is 0.556. The Balaban J connectivity index is 1.76. The van der Waals surface area contributed by atoms with Crippen molar-refractivity contribution in [1.29, 1.82) is 0 Å². The number of piperazine rings is 1. The van der Waals surface area contributed by atoms with Crippen molar-refractivity contribution >= 4 is 44.4 Å². The topological polar surface area (TPSA) is 57.7 Å². The van der Waals surface area contributed by atoms with Crippen LogP contribution < -0.4 is 10.1 Å². The van der Waals surface area contributed by atoms with Gasteiger partial charge in [-0.1, -0.05) is 20.8 Å². The fourth-order valence-corrected chi connectivity index (χ4v) is 4.45. The quantitative estimate of drug-likeness (QED) is 0.793. The minimum Gasteiger partial charge on any atom is -0.494 e. The van der Waals surface area contributed by atoms with Gasteiger partial charge in [-0.15, -0.1) is 11.3 Å².